The van der Waals surface area contributed by atoms with E-state index in [2.05, 4.69) is 32.6 Å². The smallest absolute Gasteiger partial charge is 0.340 e. The first-order valence-electron chi connectivity index (χ1n) is 6.12. The maximum absolute atomic E-state index is 11.8. The molecule has 0 unspecified atom stereocenters. The van der Waals surface area contributed by atoms with Gasteiger partial charge >= 0.3 is 5.97 Å². The highest BCUT2D eigenvalue weighted by Gasteiger charge is 2.15. The van der Waals surface area contributed by atoms with Gasteiger partial charge in [-0.05, 0) is 52.9 Å². The molecular formula is C15H10ClIN2O2. The first-order chi connectivity index (χ1) is 10.1. The summed E-state index contributed by atoms with van der Waals surface area (Å²) in [5.41, 5.74) is 2.71. The molecule has 0 aliphatic carbocycles. The van der Waals surface area contributed by atoms with Crippen LogP contribution in [0.4, 0.5) is 0 Å². The number of H-pyrrole nitrogens is 1. The molecule has 0 atom stereocenters. The normalized spacial score (nSPS) is 10.8. The van der Waals surface area contributed by atoms with Crippen LogP contribution in [-0.4, -0.2) is 23.0 Å². The lowest BCUT2D eigenvalue weighted by atomic mass is 10.2. The fourth-order valence-corrected chi connectivity index (χ4v) is 2.88. The molecule has 6 heteroatoms. The third-order valence-corrected chi connectivity index (χ3v) is 4.28. The number of halogens is 2. The Balaban J connectivity index is 2.22. The number of nitrogens with one attached hydrogen (secondary N) is 1. The molecule has 0 aliphatic rings. The molecule has 0 fully saturated rings. The van der Waals surface area contributed by atoms with Gasteiger partial charge in [-0.2, -0.15) is 0 Å². The Morgan fingerprint density at radius 3 is 2.90 bits per heavy atom. The van der Waals surface area contributed by atoms with E-state index in [1.165, 1.54) is 7.11 Å². The molecule has 3 aromatic rings. The highest BCUT2D eigenvalue weighted by Crippen LogP contribution is 2.29. The summed E-state index contributed by atoms with van der Waals surface area (Å²) < 4.78 is 5.81. The van der Waals surface area contributed by atoms with E-state index in [4.69, 9.17) is 16.3 Å². The van der Waals surface area contributed by atoms with Crippen molar-refractivity contribution in [3.05, 3.63) is 50.6 Å². The van der Waals surface area contributed by atoms with Gasteiger partial charge in [0.05, 0.1) is 18.2 Å². The van der Waals surface area contributed by atoms with E-state index >= 15 is 0 Å². The van der Waals surface area contributed by atoms with Crippen LogP contribution in [0.5, 0.6) is 0 Å². The number of aromatic nitrogens is 2. The number of benzene rings is 2. The van der Waals surface area contributed by atoms with Gasteiger partial charge in [0.25, 0.3) is 0 Å². The summed E-state index contributed by atoms with van der Waals surface area (Å²) in [5, 5.41) is 0.638. The van der Waals surface area contributed by atoms with Crippen LogP contribution >= 0.6 is 34.2 Å². The van der Waals surface area contributed by atoms with Gasteiger partial charge < -0.3 is 9.72 Å². The molecule has 21 heavy (non-hydrogen) atoms. The van der Waals surface area contributed by atoms with Crippen LogP contribution in [0.3, 0.4) is 0 Å². The predicted octanol–water partition coefficient (Wildman–Crippen LogP) is 4.27. The quantitative estimate of drug-likeness (QED) is 0.505. The highest BCUT2D eigenvalue weighted by atomic mass is 127. The maximum Gasteiger partial charge on any atom is 0.340 e. The lowest BCUT2D eigenvalue weighted by molar-refractivity contribution is 0.0603. The topological polar surface area (TPSA) is 55.0 Å². The minimum Gasteiger partial charge on any atom is -0.465 e. The van der Waals surface area contributed by atoms with E-state index in [0.29, 0.717) is 21.9 Å². The van der Waals surface area contributed by atoms with Crippen molar-refractivity contribution >= 4 is 51.2 Å². The number of hydrogen-bond donors (Lipinski definition) is 1. The molecule has 1 aromatic heterocycles. The monoisotopic (exact) mass is 412 g/mol. The number of imidazole rings is 1. The van der Waals surface area contributed by atoms with Crippen molar-refractivity contribution in [2.45, 2.75) is 0 Å². The van der Waals surface area contributed by atoms with E-state index in [1.54, 1.807) is 12.1 Å². The highest BCUT2D eigenvalue weighted by molar-refractivity contribution is 14.1. The third-order valence-electron chi connectivity index (χ3n) is 3.10. The van der Waals surface area contributed by atoms with Gasteiger partial charge in [-0.1, -0.05) is 17.7 Å². The molecule has 0 saturated heterocycles. The number of rotatable bonds is 2. The molecule has 4 nitrogen and oxygen atoms in total. The number of hydrogen-bond acceptors (Lipinski definition) is 3. The zero-order valence-corrected chi connectivity index (χ0v) is 13.9. The van der Waals surface area contributed by atoms with Crippen LogP contribution in [0, 0.1) is 3.57 Å². The Morgan fingerprint density at radius 1 is 1.33 bits per heavy atom. The number of carbonyl (C=O) groups excluding carboxylic acids is 1. The second kappa shape index (κ2) is 5.65. The Hall–Kier alpha value is -1.60. The number of methoxy groups -OCH3 is 1. The van der Waals surface area contributed by atoms with Gasteiger partial charge in [0.15, 0.2) is 0 Å². The van der Waals surface area contributed by atoms with Gasteiger partial charge in [-0.3, -0.25) is 0 Å². The number of fused-ring (bicyclic) bond motifs is 1. The van der Waals surface area contributed by atoms with Crippen LogP contribution < -0.4 is 0 Å². The zero-order valence-electron chi connectivity index (χ0n) is 11.0. The van der Waals surface area contributed by atoms with E-state index in [0.717, 1.165) is 14.7 Å². The van der Waals surface area contributed by atoms with Crippen molar-refractivity contribution < 1.29 is 9.53 Å². The first kappa shape index (κ1) is 14.3. The summed E-state index contributed by atoms with van der Waals surface area (Å²) in [6.07, 6.45) is 0. The summed E-state index contributed by atoms with van der Waals surface area (Å²) in [6, 6.07) is 11.0. The molecular weight excluding hydrogens is 403 g/mol. The van der Waals surface area contributed by atoms with E-state index < -0.39 is 5.97 Å². The summed E-state index contributed by atoms with van der Waals surface area (Å²) in [4.78, 5) is 19.5. The molecule has 0 bridgehead atoms. The van der Waals surface area contributed by atoms with Crippen LogP contribution in [0.15, 0.2) is 36.4 Å². The lowest BCUT2D eigenvalue weighted by Crippen LogP contribution is -2.01. The fourth-order valence-electron chi connectivity index (χ4n) is 2.11. The van der Waals surface area contributed by atoms with Crippen molar-refractivity contribution in [3.63, 3.8) is 0 Å². The lowest BCUT2D eigenvalue weighted by Gasteiger charge is -2.01. The van der Waals surface area contributed by atoms with Gasteiger partial charge in [0, 0.05) is 14.2 Å². The van der Waals surface area contributed by atoms with Crippen LogP contribution in [0.2, 0.25) is 5.02 Å². The number of carbonyl (C=O) groups is 1. The van der Waals surface area contributed by atoms with Crippen molar-refractivity contribution in [1.29, 1.82) is 0 Å². The Bertz CT molecular complexity index is 845. The number of nitrogens with zero attached hydrogens (tertiary/aromatic N) is 1. The largest absolute Gasteiger partial charge is 0.465 e. The number of aromatic amines is 1. The summed E-state index contributed by atoms with van der Waals surface area (Å²) in [6.45, 7) is 0. The number of para-hydroxylation sites is 1. The van der Waals surface area contributed by atoms with Crippen molar-refractivity contribution in [3.8, 4) is 11.4 Å². The molecule has 1 heterocycles. The molecule has 1 N–H and O–H groups in total. The summed E-state index contributed by atoms with van der Waals surface area (Å²) in [7, 11) is 1.36. The van der Waals surface area contributed by atoms with Gasteiger partial charge in [0.1, 0.15) is 11.3 Å². The predicted molar refractivity (Wildman–Crippen MR) is 90.6 cm³/mol. The maximum atomic E-state index is 11.8. The van der Waals surface area contributed by atoms with E-state index in [9.17, 15) is 4.79 Å². The van der Waals surface area contributed by atoms with Crippen molar-refractivity contribution in [1.82, 2.24) is 9.97 Å². The van der Waals surface area contributed by atoms with Crippen molar-refractivity contribution in [2.75, 3.05) is 7.11 Å². The summed E-state index contributed by atoms with van der Waals surface area (Å²) in [5.74, 6) is 0.271. The molecule has 0 radical (unpaired) electrons. The van der Waals surface area contributed by atoms with Gasteiger partial charge in [-0.15, -0.1) is 0 Å². The third kappa shape index (κ3) is 2.63. The fraction of sp³-hybridized carbons (Fsp3) is 0.0667. The molecule has 0 amide bonds. The molecule has 0 spiro atoms. The second-order valence-electron chi connectivity index (χ2n) is 4.40. The number of esters is 1. The van der Waals surface area contributed by atoms with Crippen LogP contribution in [0.25, 0.3) is 22.4 Å². The van der Waals surface area contributed by atoms with Crippen LogP contribution in [0.1, 0.15) is 10.4 Å². The Kier molecular flexibility index (Phi) is 3.86. The Labute approximate surface area is 139 Å². The second-order valence-corrected chi connectivity index (χ2v) is 6.00. The minimum absolute atomic E-state index is 0.403. The Morgan fingerprint density at radius 2 is 2.14 bits per heavy atom. The van der Waals surface area contributed by atoms with E-state index in [1.807, 2.05) is 24.3 Å². The van der Waals surface area contributed by atoms with E-state index in [-0.39, 0.29) is 0 Å². The SMILES string of the molecule is COC(=O)c1cccc2[nH]c(-c3cc(Cl)ccc3I)nc12. The molecule has 2 aromatic carbocycles. The average molecular weight is 413 g/mol. The van der Waals surface area contributed by atoms with Gasteiger partial charge in [-0.25, -0.2) is 9.78 Å². The molecule has 0 aliphatic heterocycles. The summed E-state index contributed by atoms with van der Waals surface area (Å²) >= 11 is 8.27. The standard InChI is InChI=1S/C15H10ClIN2O2/c1-21-15(20)9-3-2-4-12-13(9)19-14(18-12)10-7-8(16)5-6-11(10)17/h2-7H,1H3,(H,18,19). The molecule has 0 saturated carbocycles. The number of ether oxygens (including phenoxy) is 1. The molecule has 3 rings (SSSR count). The molecule has 106 valence electrons. The average Bonchev–Trinajstić information content (AvgIpc) is 2.92. The van der Waals surface area contributed by atoms with Crippen molar-refractivity contribution in [2.24, 2.45) is 0 Å². The zero-order chi connectivity index (χ0) is 15.0. The van der Waals surface area contributed by atoms with Crippen LogP contribution in [-0.2, 0) is 4.74 Å². The van der Waals surface area contributed by atoms with Gasteiger partial charge in [0.2, 0.25) is 0 Å². The minimum atomic E-state index is -0.403. The first-order valence-corrected chi connectivity index (χ1v) is 7.58.